The van der Waals surface area contributed by atoms with Crippen molar-refractivity contribution < 1.29 is 4.74 Å². The van der Waals surface area contributed by atoms with E-state index in [1.165, 1.54) is 20.9 Å². The second kappa shape index (κ2) is 0.962. The van der Waals surface area contributed by atoms with Gasteiger partial charge in [-0.15, -0.1) is 8.58 Å². The van der Waals surface area contributed by atoms with Gasteiger partial charge in [0.1, 0.15) is 0 Å². The maximum Gasteiger partial charge on any atom is 0.0882 e. The largest absolute Gasteiger partial charge is 0.369 e. The molecule has 0 amide bonds. The molecule has 1 nitrogen and oxygen atoms in total. The molecule has 0 aromatic rings. The maximum atomic E-state index is 5.16. The quantitative estimate of drug-likeness (QED) is 0.319. The number of epoxide rings is 1. The van der Waals surface area contributed by atoms with Crippen LogP contribution in [0.2, 0.25) is 0 Å². The molecule has 0 aromatic carbocycles. The average molecular weight is 102 g/mol. The minimum Gasteiger partial charge on any atom is -0.369 e. The second-order valence-corrected chi connectivity index (χ2v) is 3.19. The predicted molar refractivity (Wildman–Crippen MR) is 26.7 cm³/mol. The fourth-order valence-corrected chi connectivity index (χ4v) is 2.36. The van der Waals surface area contributed by atoms with Gasteiger partial charge in [-0.05, 0) is 12.3 Å². The van der Waals surface area contributed by atoms with E-state index in [0.717, 1.165) is 12.2 Å². The third kappa shape index (κ3) is 0.329. The standard InChI is InChI=1S/C4H7OP/c1-3-4(5-3)2-6-1/h3-4,6H,1-2H2. The topological polar surface area (TPSA) is 12.5 Å². The molecule has 2 heteroatoms. The van der Waals surface area contributed by atoms with E-state index in [9.17, 15) is 0 Å². The van der Waals surface area contributed by atoms with Gasteiger partial charge in [-0.2, -0.15) is 0 Å². The summed E-state index contributed by atoms with van der Waals surface area (Å²) < 4.78 is 5.16. The van der Waals surface area contributed by atoms with Gasteiger partial charge in [-0.3, -0.25) is 0 Å². The number of hydrogen-bond acceptors (Lipinski definition) is 1. The summed E-state index contributed by atoms with van der Waals surface area (Å²) >= 11 is 0. The van der Waals surface area contributed by atoms with Crippen molar-refractivity contribution in [1.29, 1.82) is 0 Å². The van der Waals surface area contributed by atoms with Crippen molar-refractivity contribution in [2.75, 3.05) is 12.3 Å². The van der Waals surface area contributed by atoms with Crippen molar-refractivity contribution in [3.63, 3.8) is 0 Å². The van der Waals surface area contributed by atoms with Crippen LogP contribution in [0.3, 0.4) is 0 Å². The van der Waals surface area contributed by atoms with Gasteiger partial charge in [0.25, 0.3) is 0 Å². The van der Waals surface area contributed by atoms with E-state index in [4.69, 9.17) is 4.74 Å². The predicted octanol–water partition coefficient (Wildman–Crippen LogP) is 0.446. The first-order valence-electron chi connectivity index (χ1n) is 2.33. The van der Waals surface area contributed by atoms with Crippen LogP contribution in [0.25, 0.3) is 0 Å². The Hall–Kier alpha value is 0.390. The van der Waals surface area contributed by atoms with E-state index in [0.29, 0.717) is 0 Å². The smallest absolute Gasteiger partial charge is 0.0882 e. The molecule has 0 N–H and O–H groups in total. The van der Waals surface area contributed by atoms with Crippen LogP contribution in [0, 0.1) is 0 Å². The van der Waals surface area contributed by atoms with Crippen LogP contribution in [0.4, 0.5) is 0 Å². The molecule has 2 aliphatic rings. The summed E-state index contributed by atoms with van der Waals surface area (Å²) in [4.78, 5) is 0. The summed E-state index contributed by atoms with van der Waals surface area (Å²) in [6.45, 7) is 0. The van der Waals surface area contributed by atoms with Crippen LogP contribution >= 0.6 is 8.58 Å². The van der Waals surface area contributed by atoms with Crippen LogP contribution in [-0.4, -0.2) is 24.5 Å². The summed E-state index contributed by atoms with van der Waals surface area (Å²) in [5, 5.41) is 0. The zero-order valence-electron chi connectivity index (χ0n) is 3.48. The zero-order chi connectivity index (χ0) is 3.98. The summed E-state index contributed by atoms with van der Waals surface area (Å²) in [7, 11) is 1.21. The maximum absolute atomic E-state index is 5.16. The lowest BCUT2D eigenvalue weighted by atomic mass is 10.4. The van der Waals surface area contributed by atoms with Gasteiger partial charge >= 0.3 is 0 Å². The highest BCUT2D eigenvalue weighted by molar-refractivity contribution is 7.38. The Labute approximate surface area is 38.9 Å². The van der Waals surface area contributed by atoms with Gasteiger partial charge in [0, 0.05) is 0 Å². The Morgan fingerprint density at radius 3 is 2.17 bits per heavy atom. The normalized spacial score (nSPS) is 56.0. The molecule has 34 valence electrons. The van der Waals surface area contributed by atoms with E-state index >= 15 is 0 Å². The Morgan fingerprint density at radius 2 is 2.00 bits per heavy atom. The van der Waals surface area contributed by atoms with Crippen molar-refractivity contribution in [2.24, 2.45) is 0 Å². The SMILES string of the molecule is C1PCC2OC12. The number of rotatable bonds is 0. The van der Waals surface area contributed by atoms with Crippen molar-refractivity contribution in [3.8, 4) is 0 Å². The third-order valence-electron chi connectivity index (χ3n) is 1.38. The molecule has 2 unspecified atom stereocenters. The van der Waals surface area contributed by atoms with Gasteiger partial charge in [0.2, 0.25) is 0 Å². The number of fused-ring (bicyclic) bond motifs is 1. The lowest BCUT2D eigenvalue weighted by Gasteiger charge is -1.82. The first-order valence-corrected chi connectivity index (χ1v) is 3.74. The van der Waals surface area contributed by atoms with Crippen LogP contribution in [0.5, 0.6) is 0 Å². The van der Waals surface area contributed by atoms with E-state index in [1.807, 2.05) is 0 Å². The summed E-state index contributed by atoms with van der Waals surface area (Å²) in [6, 6.07) is 0. The molecule has 0 bridgehead atoms. The third-order valence-corrected chi connectivity index (χ3v) is 2.76. The highest BCUT2D eigenvalue weighted by atomic mass is 31.1. The van der Waals surface area contributed by atoms with Crippen LogP contribution < -0.4 is 0 Å². The Morgan fingerprint density at radius 1 is 1.33 bits per heavy atom. The van der Waals surface area contributed by atoms with Crippen molar-refractivity contribution in [1.82, 2.24) is 0 Å². The van der Waals surface area contributed by atoms with Gasteiger partial charge < -0.3 is 4.74 Å². The molecule has 2 heterocycles. The molecule has 6 heavy (non-hydrogen) atoms. The lowest BCUT2D eigenvalue weighted by molar-refractivity contribution is 0.386. The first kappa shape index (κ1) is 3.40. The average Bonchev–Trinajstić information content (AvgIpc) is 2.17. The van der Waals surface area contributed by atoms with Gasteiger partial charge in [-0.25, -0.2) is 0 Å². The molecule has 0 saturated carbocycles. The Balaban J connectivity index is 2.09. The van der Waals surface area contributed by atoms with Gasteiger partial charge in [0.15, 0.2) is 0 Å². The molecule has 0 aromatic heterocycles. The fraction of sp³-hybridized carbons (Fsp3) is 1.00. The molecule has 0 aliphatic carbocycles. The first-order chi connectivity index (χ1) is 2.97. The van der Waals surface area contributed by atoms with Crippen molar-refractivity contribution in [2.45, 2.75) is 12.2 Å². The van der Waals surface area contributed by atoms with Crippen molar-refractivity contribution in [3.05, 3.63) is 0 Å². The Bertz CT molecular complexity index is 65.9. The minimum atomic E-state index is 0.725. The fourth-order valence-electron chi connectivity index (χ4n) is 0.906. The molecule has 2 saturated heterocycles. The van der Waals surface area contributed by atoms with Crippen molar-refractivity contribution >= 4 is 8.58 Å². The molecular weight excluding hydrogens is 95.0 g/mol. The van der Waals surface area contributed by atoms with E-state index < -0.39 is 0 Å². The molecule has 2 atom stereocenters. The highest BCUT2D eigenvalue weighted by Gasteiger charge is 2.42. The molecular formula is C4H7OP. The molecule has 2 aliphatic heterocycles. The van der Waals surface area contributed by atoms with E-state index in [2.05, 4.69) is 0 Å². The highest BCUT2D eigenvalue weighted by Crippen LogP contribution is 2.39. The molecule has 0 spiro atoms. The van der Waals surface area contributed by atoms with Crippen LogP contribution in [0.1, 0.15) is 0 Å². The van der Waals surface area contributed by atoms with Crippen LogP contribution in [0.15, 0.2) is 0 Å². The zero-order valence-corrected chi connectivity index (χ0v) is 4.48. The Kier molecular flexibility index (Phi) is 0.545. The monoisotopic (exact) mass is 102 g/mol. The summed E-state index contributed by atoms with van der Waals surface area (Å²) in [5.41, 5.74) is 0. The van der Waals surface area contributed by atoms with E-state index in [1.54, 1.807) is 0 Å². The second-order valence-electron chi connectivity index (χ2n) is 1.87. The summed E-state index contributed by atoms with van der Waals surface area (Å²) in [6.07, 6.45) is 4.18. The number of ether oxygens (including phenoxy) is 1. The van der Waals surface area contributed by atoms with Gasteiger partial charge in [0.05, 0.1) is 12.2 Å². The molecule has 0 radical (unpaired) electrons. The minimum absolute atomic E-state index is 0.725. The number of hydrogen-bond donors (Lipinski definition) is 0. The summed E-state index contributed by atoms with van der Waals surface area (Å²) in [5.74, 6) is 0. The molecule has 2 rings (SSSR count). The molecule has 2 fully saturated rings. The van der Waals surface area contributed by atoms with Crippen LogP contribution in [-0.2, 0) is 4.74 Å². The lowest BCUT2D eigenvalue weighted by Crippen LogP contribution is -1.82. The van der Waals surface area contributed by atoms with Gasteiger partial charge in [-0.1, -0.05) is 0 Å². The van der Waals surface area contributed by atoms with E-state index in [-0.39, 0.29) is 0 Å².